The lowest BCUT2D eigenvalue weighted by molar-refractivity contribution is 0.0691. The van der Waals surface area contributed by atoms with Crippen molar-refractivity contribution in [2.75, 3.05) is 19.0 Å². The summed E-state index contributed by atoms with van der Waals surface area (Å²) in [6.45, 7) is 0.115. The molecule has 0 radical (unpaired) electrons. The number of carbonyl (C=O) groups is 1. The van der Waals surface area contributed by atoms with Crippen LogP contribution in [0.4, 0.5) is 10.1 Å². The Bertz CT molecular complexity index is 937. The van der Waals surface area contributed by atoms with Gasteiger partial charge in [-0.1, -0.05) is 17.7 Å². The Labute approximate surface area is 142 Å². The van der Waals surface area contributed by atoms with Crippen LogP contribution in [0.1, 0.15) is 16.1 Å². The summed E-state index contributed by atoms with van der Waals surface area (Å²) in [5, 5.41) is 14.3. The molecule has 0 spiro atoms. The fourth-order valence-corrected chi connectivity index (χ4v) is 2.69. The van der Waals surface area contributed by atoms with Gasteiger partial charge < -0.3 is 10.0 Å². The van der Waals surface area contributed by atoms with Gasteiger partial charge in [-0.15, -0.1) is 0 Å². The molecule has 0 bridgehead atoms. The first kappa shape index (κ1) is 16.3. The van der Waals surface area contributed by atoms with Crippen molar-refractivity contribution in [3.63, 3.8) is 0 Å². The number of benzene rings is 2. The Hall–Kier alpha value is -2.60. The van der Waals surface area contributed by atoms with Gasteiger partial charge in [-0.2, -0.15) is 5.10 Å². The van der Waals surface area contributed by atoms with Crippen molar-refractivity contribution in [1.82, 2.24) is 9.78 Å². The number of nitrogens with zero attached hydrogens (tertiary/aromatic N) is 3. The van der Waals surface area contributed by atoms with Crippen molar-refractivity contribution in [3.05, 3.63) is 58.5 Å². The van der Waals surface area contributed by atoms with E-state index >= 15 is 0 Å². The van der Waals surface area contributed by atoms with E-state index in [2.05, 4.69) is 5.10 Å². The molecule has 0 saturated heterocycles. The Morgan fingerprint density at radius 1 is 1.29 bits per heavy atom. The minimum absolute atomic E-state index is 0.0512. The van der Waals surface area contributed by atoms with Crippen LogP contribution in [0.3, 0.4) is 0 Å². The second kappa shape index (κ2) is 6.13. The van der Waals surface area contributed by atoms with Crippen LogP contribution in [0.25, 0.3) is 10.9 Å². The second-order valence-electron chi connectivity index (χ2n) is 5.64. The van der Waals surface area contributed by atoms with E-state index in [9.17, 15) is 14.3 Å². The van der Waals surface area contributed by atoms with E-state index in [0.717, 1.165) is 5.69 Å². The molecule has 1 heterocycles. The first-order chi connectivity index (χ1) is 11.4. The molecule has 124 valence electrons. The lowest BCUT2D eigenvalue weighted by Gasteiger charge is -2.13. The van der Waals surface area contributed by atoms with Gasteiger partial charge in [0.15, 0.2) is 5.69 Å². The SMILES string of the molecule is CN(C)c1ccc2c(C(=O)O)nn(Cc3ccc(Cl)cc3F)c2c1. The fraction of sp³-hybridized carbons (Fsp3) is 0.176. The van der Waals surface area contributed by atoms with Gasteiger partial charge in [-0.25, -0.2) is 9.18 Å². The van der Waals surface area contributed by atoms with Gasteiger partial charge in [-0.05, 0) is 30.3 Å². The highest BCUT2D eigenvalue weighted by atomic mass is 35.5. The van der Waals surface area contributed by atoms with E-state index in [1.807, 2.05) is 31.1 Å². The van der Waals surface area contributed by atoms with Crippen LogP contribution >= 0.6 is 11.6 Å². The molecule has 2 aromatic carbocycles. The third-order valence-corrected chi connectivity index (χ3v) is 4.02. The van der Waals surface area contributed by atoms with Gasteiger partial charge in [0, 0.05) is 35.8 Å². The van der Waals surface area contributed by atoms with Crippen molar-refractivity contribution in [3.8, 4) is 0 Å². The number of aromatic nitrogens is 2. The first-order valence-electron chi connectivity index (χ1n) is 7.22. The number of halogens is 2. The van der Waals surface area contributed by atoms with Gasteiger partial charge in [-0.3, -0.25) is 4.68 Å². The maximum absolute atomic E-state index is 14.1. The van der Waals surface area contributed by atoms with Gasteiger partial charge in [0.1, 0.15) is 5.82 Å². The van der Waals surface area contributed by atoms with E-state index < -0.39 is 11.8 Å². The molecule has 3 aromatic rings. The molecule has 5 nitrogen and oxygen atoms in total. The molecule has 0 unspecified atom stereocenters. The van der Waals surface area contributed by atoms with Crippen LogP contribution in [0.5, 0.6) is 0 Å². The van der Waals surface area contributed by atoms with Crippen LogP contribution in [0.15, 0.2) is 36.4 Å². The summed E-state index contributed by atoms with van der Waals surface area (Å²) in [5.74, 6) is -1.57. The number of rotatable bonds is 4. The molecule has 7 heteroatoms. The third-order valence-electron chi connectivity index (χ3n) is 3.79. The highest BCUT2D eigenvalue weighted by Crippen LogP contribution is 2.25. The summed E-state index contributed by atoms with van der Waals surface area (Å²) >= 11 is 5.77. The Morgan fingerprint density at radius 2 is 2.04 bits per heavy atom. The lowest BCUT2D eigenvalue weighted by Crippen LogP contribution is -2.09. The quantitative estimate of drug-likeness (QED) is 0.782. The first-order valence-corrected chi connectivity index (χ1v) is 7.59. The van der Waals surface area contributed by atoms with Gasteiger partial charge in [0.05, 0.1) is 12.1 Å². The molecule has 1 aromatic heterocycles. The minimum atomic E-state index is -1.12. The van der Waals surface area contributed by atoms with Crippen molar-refractivity contribution in [2.45, 2.75) is 6.54 Å². The Balaban J connectivity index is 2.15. The van der Waals surface area contributed by atoms with E-state index in [1.165, 1.54) is 10.7 Å². The molecular formula is C17H15ClFN3O2. The second-order valence-corrected chi connectivity index (χ2v) is 6.08. The summed E-state index contributed by atoms with van der Waals surface area (Å²) < 4.78 is 15.6. The van der Waals surface area contributed by atoms with E-state index in [4.69, 9.17) is 11.6 Å². The molecule has 0 atom stereocenters. The standard InChI is InChI=1S/C17H15ClFN3O2/c1-21(2)12-5-6-13-15(8-12)22(20-16(13)17(23)24)9-10-3-4-11(18)7-14(10)19/h3-8H,9H2,1-2H3,(H,23,24). The molecule has 1 N–H and O–H groups in total. The molecule has 3 rings (SSSR count). The Kier molecular flexibility index (Phi) is 4.15. The number of hydrogen-bond acceptors (Lipinski definition) is 3. The average molecular weight is 348 g/mol. The predicted molar refractivity (Wildman–Crippen MR) is 91.5 cm³/mol. The summed E-state index contributed by atoms with van der Waals surface area (Å²) in [5.41, 5.74) is 1.87. The van der Waals surface area contributed by atoms with Crippen LogP contribution in [-0.4, -0.2) is 35.0 Å². The van der Waals surface area contributed by atoms with Crippen molar-refractivity contribution in [2.24, 2.45) is 0 Å². The van der Waals surface area contributed by atoms with Gasteiger partial charge in [0.2, 0.25) is 0 Å². The van der Waals surface area contributed by atoms with Gasteiger partial charge >= 0.3 is 5.97 Å². The number of aromatic carboxylic acids is 1. The number of hydrogen-bond donors (Lipinski definition) is 1. The number of carboxylic acids is 1. The summed E-state index contributed by atoms with van der Waals surface area (Å²) in [6.07, 6.45) is 0. The monoisotopic (exact) mass is 347 g/mol. The van der Waals surface area contributed by atoms with E-state index in [-0.39, 0.29) is 12.2 Å². The molecule has 0 saturated carbocycles. The zero-order valence-electron chi connectivity index (χ0n) is 13.1. The molecule has 0 amide bonds. The minimum Gasteiger partial charge on any atom is -0.476 e. The van der Waals surface area contributed by atoms with Crippen LogP contribution in [0.2, 0.25) is 5.02 Å². The summed E-state index contributed by atoms with van der Waals surface area (Å²) in [7, 11) is 3.78. The number of carboxylic acid groups (broad SMARTS) is 1. The maximum Gasteiger partial charge on any atom is 0.357 e. The molecular weight excluding hydrogens is 333 g/mol. The van der Waals surface area contributed by atoms with Crippen LogP contribution in [-0.2, 0) is 6.54 Å². The van der Waals surface area contributed by atoms with Crippen LogP contribution < -0.4 is 4.90 Å². The Morgan fingerprint density at radius 3 is 2.67 bits per heavy atom. The molecule has 0 aliphatic heterocycles. The number of fused-ring (bicyclic) bond motifs is 1. The smallest absolute Gasteiger partial charge is 0.357 e. The topological polar surface area (TPSA) is 58.4 Å². The van der Waals surface area contributed by atoms with E-state index in [1.54, 1.807) is 18.2 Å². The molecule has 0 fully saturated rings. The molecule has 0 aliphatic carbocycles. The summed E-state index contributed by atoms with van der Waals surface area (Å²) in [4.78, 5) is 13.3. The van der Waals surface area contributed by atoms with Crippen molar-refractivity contribution >= 4 is 34.2 Å². The van der Waals surface area contributed by atoms with E-state index in [0.29, 0.717) is 21.5 Å². The predicted octanol–water partition coefficient (Wildman–Crippen LogP) is 3.64. The fourth-order valence-electron chi connectivity index (χ4n) is 2.53. The van der Waals surface area contributed by atoms with Gasteiger partial charge in [0.25, 0.3) is 0 Å². The normalized spacial score (nSPS) is 11.0. The van der Waals surface area contributed by atoms with Crippen LogP contribution in [0, 0.1) is 5.82 Å². The van der Waals surface area contributed by atoms with Crippen molar-refractivity contribution < 1.29 is 14.3 Å². The highest BCUT2D eigenvalue weighted by molar-refractivity contribution is 6.30. The zero-order chi connectivity index (χ0) is 17.4. The van der Waals surface area contributed by atoms with Crippen molar-refractivity contribution in [1.29, 1.82) is 0 Å². The molecule has 0 aliphatic rings. The lowest BCUT2D eigenvalue weighted by atomic mass is 10.1. The maximum atomic E-state index is 14.1. The number of anilines is 1. The zero-order valence-corrected chi connectivity index (χ0v) is 13.9. The average Bonchev–Trinajstić information content (AvgIpc) is 2.88. The molecule has 24 heavy (non-hydrogen) atoms. The highest BCUT2D eigenvalue weighted by Gasteiger charge is 2.18. The summed E-state index contributed by atoms with van der Waals surface area (Å²) in [6, 6.07) is 9.77. The third kappa shape index (κ3) is 2.92. The largest absolute Gasteiger partial charge is 0.476 e.